The molecule has 2 aromatic rings. The van der Waals surface area contributed by atoms with Crippen molar-refractivity contribution in [3.05, 3.63) is 57.8 Å². The van der Waals surface area contributed by atoms with E-state index < -0.39 is 0 Å². The number of carbonyl (C=O) groups excluding carboxylic acids is 1. The number of nitrogens with two attached hydrogens (primary N) is 1. The van der Waals surface area contributed by atoms with Crippen molar-refractivity contribution in [3.63, 3.8) is 0 Å². The van der Waals surface area contributed by atoms with Gasteiger partial charge in [0.15, 0.2) is 0 Å². The largest absolute Gasteiger partial charge is 0.334 e. The summed E-state index contributed by atoms with van der Waals surface area (Å²) in [5.74, 6) is 0.215. The Morgan fingerprint density at radius 3 is 2.57 bits per heavy atom. The van der Waals surface area contributed by atoms with Gasteiger partial charge in [-0.2, -0.15) is 0 Å². The predicted molar refractivity (Wildman–Crippen MR) is 85.9 cm³/mol. The number of amides is 1. The van der Waals surface area contributed by atoms with Crippen LogP contribution in [0.2, 0.25) is 0 Å². The van der Waals surface area contributed by atoms with E-state index in [9.17, 15) is 4.79 Å². The Morgan fingerprint density at radius 1 is 1.19 bits per heavy atom. The third-order valence-corrected chi connectivity index (χ3v) is 4.76. The van der Waals surface area contributed by atoms with E-state index in [1.165, 1.54) is 4.88 Å². The molecule has 0 spiro atoms. The van der Waals surface area contributed by atoms with Crippen molar-refractivity contribution >= 4 is 17.2 Å². The Morgan fingerprint density at radius 2 is 1.95 bits per heavy atom. The van der Waals surface area contributed by atoms with Crippen molar-refractivity contribution in [2.24, 2.45) is 5.73 Å². The van der Waals surface area contributed by atoms with Crippen molar-refractivity contribution in [3.8, 4) is 0 Å². The molecule has 1 aromatic heterocycles. The van der Waals surface area contributed by atoms with E-state index in [-0.39, 0.29) is 5.91 Å². The molecule has 4 heteroatoms. The van der Waals surface area contributed by atoms with Gasteiger partial charge in [0.2, 0.25) is 5.91 Å². The van der Waals surface area contributed by atoms with E-state index in [0.717, 1.165) is 30.5 Å². The third kappa shape index (κ3) is 3.52. The van der Waals surface area contributed by atoms with Gasteiger partial charge >= 0.3 is 0 Å². The summed E-state index contributed by atoms with van der Waals surface area (Å²) in [4.78, 5) is 16.0. The maximum Gasteiger partial charge on any atom is 0.227 e. The van der Waals surface area contributed by atoms with Crippen LogP contribution in [0, 0.1) is 0 Å². The number of hydrogen-bond acceptors (Lipinski definition) is 3. The van der Waals surface area contributed by atoms with Gasteiger partial charge in [-0.1, -0.05) is 30.3 Å². The maximum absolute atomic E-state index is 12.7. The van der Waals surface area contributed by atoms with Crippen molar-refractivity contribution in [2.45, 2.75) is 38.4 Å². The van der Waals surface area contributed by atoms with Crippen LogP contribution >= 0.6 is 11.3 Å². The molecule has 110 valence electrons. The van der Waals surface area contributed by atoms with Gasteiger partial charge in [-0.3, -0.25) is 4.79 Å². The lowest BCUT2D eigenvalue weighted by Crippen LogP contribution is -2.33. The minimum atomic E-state index is 0.215. The second kappa shape index (κ2) is 6.41. The Kier molecular flexibility index (Phi) is 4.36. The minimum Gasteiger partial charge on any atom is -0.334 e. The first-order valence-electron chi connectivity index (χ1n) is 7.36. The number of rotatable bonds is 6. The lowest BCUT2D eigenvalue weighted by atomic mass is 10.0. The zero-order chi connectivity index (χ0) is 14.7. The average molecular weight is 300 g/mol. The molecule has 0 bridgehead atoms. The lowest BCUT2D eigenvalue weighted by molar-refractivity contribution is -0.131. The molecule has 1 aromatic carbocycles. The van der Waals surface area contributed by atoms with Crippen LogP contribution in [0.3, 0.4) is 0 Å². The van der Waals surface area contributed by atoms with Gasteiger partial charge in [0.25, 0.3) is 0 Å². The van der Waals surface area contributed by atoms with E-state index in [4.69, 9.17) is 5.73 Å². The molecule has 21 heavy (non-hydrogen) atoms. The van der Waals surface area contributed by atoms with Crippen molar-refractivity contribution in [1.29, 1.82) is 0 Å². The van der Waals surface area contributed by atoms with Crippen molar-refractivity contribution < 1.29 is 4.79 Å². The fourth-order valence-corrected chi connectivity index (χ4v) is 3.27. The standard InChI is InChI=1S/C17H20N2OS/c18-11-14-5-2-1-4-13(14)10-17(20)19(15-7-8-15)12-16-6-3-9-21-16/h1-6,9,15H,7-8,10-12,18H2. The summed E-state index contributed by atoms with van der Waals surface area (Å²) >= 11 is 1.71. The van der Waals surface area contributed by atoms with Crippen LogP contribution in [0.4, 0.5) is 0 Å². The highest BCUT2D eigenvalue weighted by atomic mass is 32.1. The SMILES string of the molecule is NCc1ccccc1CC(=O)N(Cc1cccs1)C1CC1. The van der Waals surface area contributed by atoms with Gasteiger partial charge in [-0.05, 0) is 35.4 Å². The molecule has 1 amide bonds. The summed E-state index contributed by atoms with van der Waals surface area (Å²) in [6.07, 6.45) is 2.72. The molecule has 1 heterocycles. The summed E-state index contributed by atoms with van der Waals surface area (Å²) in [6.45, 7) is 1.23. The minimum absolute atomic E-state index is 0.215. The van der Waals surface area contributed by atoms with Gasteiger partial charge in [0.05, 0.1) is 13.0 Å². The molecule has 0 saturated heterocycles. The summed E-state index contributed by atoms with van der Waals surface area (Å²) < 4.78 is 0. The molecule has 0 unspecified atom stereocenters. The van der Waals surface area contributed by atoms with E-state index in [1.807, 2.05) is 35.2 Å². The monoisotopic (exact) mass is 300 g/mol. The van der Waals surface area contributed by atoms with E-state index >= 15 is 0 Å². The fraction of sp³-hybridized carbons (Fsp3) is 0.353. The Labute approximate surface area is 129 Å². The molecule has 0 radical (unpaired) electrons. The van der Waals surface area contributed by atoms with E-state index in [2.05, 4.69) is 11.4 Å². The highest BCUT2D eigenvalue weighted by Crippen LogP contribution is 2.30. The first-order valence-corrected chi connectivity index (χ1v) is 8.24. The predicted octanol–water partition coefficient (Wildman–Crippen LogP) is 2.94. The first-order chi connectivity index (χ1) is 10.3. The van der Waals surface area contributed by atoms with Gasteiger partial charge in [0, 0.05) is 17.5 Å². The van der Waals surface area contributed by atoms with Gasteiger partial charge in [-0.25, -0.2) is 0 Å². The summed E-state index contributed by atoms with van der Waals surface area (Å²) in [5.41, 5.74) is 7.89. The quantitative estimate of drug-likeness (QED) is 0.891. The number of benzene rings is 1. The highest BCUT2D eigenvalue weighted by molar-refractivity contribution is 7.09. The van der Waals surface area contributed by atoms with Crippen molar-refractivity contribution in [1.82, 2.24) is 4.90 Å². The molecule has 2 N–H and O–H groups in total. The lowest BCUT2D eigenvalue weighted by Gasteiger charge is -2.22. The summed E-state index contributed by atoms with van der Waals surface area (Å²) in [5, 5.41) is 2.06. The van der Waals surface area contributed by atoms with Crippen molar-refractivity contribution in [2.75, 3.05) is 0 Å². The van der Waals surface area contributed by atoms with E-state index in [1.54, 1.807) is 11.3 Å². The number of thiophene rings is 1. The average Bonchev–Trinajstić information content (AvgIpc) is 3.21. The molecule has 3 nitrogen and oxygen atoms in total. The van der Waals surface area contributed by atoms with Crippen LogP contribution in [0.15, 0.2) is 41.8 Å². The summed E-state index contributed by atoms with van der Waals surface area (Å²) in [7, 11) is 0. The zero-order valence-corrected chi connectivity index (χ0v) is 12.8. The van der Waals surface area contributed by atoms with Gasteiger partial charge in [-0.15, -0.1) is 11.3 Å². The van der Waals surface area contributed by atoms with E-state index in [0.29, 0.717) is 19.0 Å². The number of carbonyl (C=O) groups is 1. The second-order valence-corrected chi connectivity index (χ2v) is 6.51. The Bertz CT molecular complexity index is 605. The molecule has 0 atom stereocenters. The first kappa shape index (κ1) is 14.3. The molecule has 3 rings (SSSR count). The normalized spacial score (nSPS) is 14.1. The Balaban J connectivity index is 1.72. The van der Waals surface area contributed by atoms with Gasteiger partial charge in [0.1, 0.15) is 0 Å². The molecule has 1 fully saturated rings. The number of hydrogen-bond donors (Lipinski definition) is 1. The van der Waals surface area contributed by atoms with Crippen LogP contribution in [0.25, 0.3) is 0 Å². The van der Waals surface area contributed by atoms with Crippen LogP contribution in [-0.4, -0.2) is 16.8 Å². The Hall–Kier alpha value is -1.65. The fourth-order valence-electron chi connectivity index (χ4n) is 2.57. The van der Waals surface area contributed by atoms with Crippen LogP contribution in [0.5, 0.6) is 0 Å². The molecule has 1 aliphatic carbocycles. The molecular formula is C17H20N2OS. The maximum atomic E-state index is 12.7. The number of nitrogens with zero attached hydrogens (tertiary/aromatic N) is 1. The molecule has 1 saturated carbocycles. The second-order valence-electron chi connectivity index (χ2n) is 5.48. The molecular weight excluding hydrogens is 280 g/mol. The topological polar surface area (TPSA) is 46.3 Å². The third-order valence-electron chi connectivity index (χ3n) is 3.89. The smallest absolute Gasteiger partial charge is 0.227 e. The van der Waals surface area contributed by atoms with Crippen LogP contribution < -0.4 is 5.73 Å². The zero-order valence-electron chi connectivity index (χ0n) is 12.0. The van der Waals surface area contributed by atoms with Crippen LogP contribution in [0.1, 0.15) is 28.8 Å². The molecule has 0 aliphatic heterocycles. The summed E-state index contributed by atoms with van der Waals surface area (Å²) in [6, 6.07) is 12.5. The van der Waals surface area contributed by atoms with Crippen LogP contribution in [-0.2, 0) is 24.3 Å². The van der Waals surface area contributed by atoms with Gasteiger partial charge < -0.3 is 10.6 Å². The molecule has 1 aliphatic rings. The highest BCUT2D eigenvalue weighted by Gasteiger charge is 2.32.